The Kier molecular flexibility index (Phi) is 7.87. The maximum absolute atomic E-state index is 14.0. The molecule has 0 aromatic heterocycles. The van der Waals surface area contributed by atoms with Crippen LogP contribution in [0.2, 0.25) is 0 Å². The van der Waals surface area contributed by atoms with E-state index in [2.05, 4.69) is 33.0 Å². The molecule has 1 amide bonds. The molecular formula is C24H31F2N3O3S. The summed E-state index contributed by atoms with van der Waals surface area (Å²) in [6.45, 7) is 9.24. The average Bonchev–Trinajstić information content (AvgIpc) is 2.75. The SMILES string of the molecule is CC(C)c1cccc(C(C)C)c1NC(=O)CN1CCN(S(=O)(=O)c2cc(F)ccc2F)CC1. The van der Waals surface area contributed by atoms with Gasteiger partial charge in [-0.3, -0.25) is 9.69 Å². The van der Waals surface area contributed by atoms with Gasteiger partial charge in [-0.2, -0.15) is 4.31 Å². The third-order valence-corrected chi connectivity index (χ3v) is 7.76. The molecule has 2 aromatic carbocycles. The number of benzene rings is 2. The van der Waals surface area contributed by atoms with Crippen LogP contribution in [0.25, 0.3) is 0 Å². The molecule has 9 heteroatoms. The molecule has 0 spiro atoms. The Labute approximate surface area is 194 Å². The number of hydrogen-bond acceptors (Lipinski definition) is 4. The molecule has 0 aliphatic carbocycles. The van der Waals surface area contributed by atoms with Crippen LogP contribution in [0.4, 0.5) is 14.5 Å². The fourth-order valence-electron chi connectivity index (χ4n) is 4.02. The van der Waals surface area contributed by atoms with Crippen LogP contribution in [0.15, 0.2) is 41.3 Å². The van der Waals surface area contributed by atoms with Crippen LogP contribution < -0.4 is 5.32 Å². The first-order valence-corrected chi connectivity index (χ1v) is 12.5. The lowest BCUT2D eigenvalue weighted by Gasteiger charge is -2.33. The van der Waals surface area contributed by atoms with Crippen molar-refractivity contribution in [1.82, 2.24) is 9.21 Å². The van der Waals surface area contributed by atoms with Gasteiger partial charge in [-0.15, -0.1) is 0 Å². The van der Waals surface area contributed by atoms with Gasteiger partial charge in [0.05, 0.1) is 6.54 Å². The van der Waals surface area contributed by atoms with Crippen LogP contribution in [-0.4, -0.2) is 56.3 Å². The van der Waals surface area contributed by atoms with E-state index in [0.29, 0.717) is 19.2 Å². The van der Waals surface area contributed by atoms with Crippen molar-refractivity contribution < 1.29 is 22.0 Å². The quantitative estimate of drug-likeness (QED) is 0.648. The molecule has 0 bridgehead atoms. The third-order valence-electron chi connectivity index (χ3n) is 5.85. The summed E-state index contributed by atoms with van der Waals surface area (Å²) >= 11 is 0. The van der Waals surface area contributed by atoms with E-state index in [4.69, 9.17) is 0 Å². The minimum Gasteiger partial charge on any atom is -0.324 e. The smallest absolute Gasteiger partial charge is 0.246 e. The van der Waals surface area contributed by atoms with Crippen LogP contribution in [0.5, 0.6) is 0 Å². The number of carbonyl (C=O) groups is 1. The molecule has 1 fully saturated rings. The highest BCUT2D eigenvalue weighted by Gasteiger charge is 2.31. The first-order chi connectivity index (χ1) is 15.5. The topological polar surface area (TPSA) is 69.7 Å². The summed E-state index contributed by atoms with van der Waals surface area (Å²) in [4.78, 5) is 14.0. The van der Waals surface area contributed by atoms with Gasteiger partial charge in [0.1, 0.15) is 16.5 Å². The fourth-order valence-corrected chi connectivity index (χ4v) is 5.52. The number of sulfonamides is 1. The van der Waals surface area contributed by atoms with Crippen molar-refractivity contribution in [2.75, 3.05) is 38.0 Å². The molecule has 2 aromatic rings. The first-order valence-electron chi connectivity index (χ1n) is 11.1. The summed E-state index contributed by atoms with van der Waals surface area (Å²) in [5.41, 5.74) is 2.99. The van der Waals surface area contributed by atoms with E-state index in [0.717, 1.165) is 33.3 Å². The van der Waals surface area contributed by atoms with E-state index >= 15 is 0 Å². The number of nitrogens with zero attached hydrogens (tertiary/aromatic N) is 2. The predicted octanol–water partition coefficient (Wildman–Crippen LogP) is 4.16. The largest absolute Gasteiger partial charge is 0.324 e. The van der Waals surface area contributed by atoms with Gasteiger partial charge < -0.3 is 5.32 Å². The molecule has 0 atom stereocenters. The van der Waals surface area contributed by atoms with E-state index in [9.17, 15) is 22.0 Å². The van der Waals surface area contributed by atoms with Crippen molar-refractivity contribution in [2.24, 2.45) is 0 Å². The molecular weight excluding hydrogens is 448 g/mol. The summed E-state index contributed by atoms with van der Waals surface area (Å²) < 4.78 is 54.1. The van der Waals surface area contributed by atoms with Crippen LogP contribution >= 0.6 is 0 Å². The number of rotatable bonds is 7. The predicted molar refractivity (Wildman–Crippen MR) is 125 cm³/mol. The Morgan fingerprint density at radius 2 is 1.55 bits per heavy atom. The van der Waals surface area contributed by atoms with Crippen molar-refractivity contribution in [3.63, 3.8) is 0 Å². The molecule has 0 saturated carbocycles. The summed E-state index contributed by atoms with van der Waals surface area (Å²) in [7, 11) is -4.15. The van der Waals surface area contributed by atoms with Gasteiger partial charge in [0.25, 0.3) is 0 Å². The van der Waals surface area contributed by atoms with E-state index in [-0.39, 0.29) is 37.4 Å². The summed E-state index contributed by atoms with van der Waals surface area (Å²) in [5, 5.41) is 3.07. The van der Waals surface area contributed by atoms with E-state index in [1.165, 1.54) is 0 Å². The van der Waals surface area contributed by atoms with E-state index in [1.807, 2.05) is 23.1 Å². The van der Waals surface area contributed by atoms with Crippen LogP contribution in [0.3, 0.4) is 0 Å². The number of nitrogens with one attached hydrogen (secondary N) is 1. The summed E-state index contributed by atoms with van der Waals surface area (Å²) in [6.07, 6.45) is 0. The maximum atomic E-state index is 14.0. The second kappa shape index (κ2) is 10.3. The zero-order valence-corrected chi connectivity index (χ0v) is 20.3. The van der Waals surface area contributed by atoms with E-state index < -0.39 is 26.6 Å². The lowest BCUT2D eigenvalue weighted by atomic mass is 9.92. The van der Waals surface area contributed by atoms with Gasteiger partial charge in [0, 0.05) is 31.9 Å². The summed E-state index contributed by atoms with van der Waals surface area (Å²) in [6, 6.07) is 8.42. The molecule has 0 radical (unpaired) electrons. The number of carbonyl (C=O) groups excluding carboxylic acids is 1. The first kappa shape index (κ1) is 25.3. The lowest BCUT2D eigenvalue weighted by Crippen LogP contribution is -2.50. The lowest BCUT2D eigenvalue weighted by molar-refractivity contribution is -0.117. The van der Waals surface area contributed by atoms with Crippen molar-refractivity contribution in [3.05, 3.63) is 59.2 Å². The maximum Gasteiger partial charge on any atom is 0.246 e. The van der Waals surface area contributed by atoms with Crippen molar-refractivity contribution >= 4 is 21.6 Å². The van der Waals surface area contributed by atoms with Crippen molar-refractivity contribution in [2.45, 2.75) is 44.4 Å². The monoisotopic (exact) mass is 479 g/mol. The fraction of sp³-hybridized carbons (Fsp3) is 0.458. The highest BCUT2D eigenvalue weighted by molar-refractivity contribution is 7.89. The molecule has 1 aliphatic rings. The van der Waals surface area contributed by atoms with Crippen molar-refractivity contribution in [1.29, 1.82) is 0 Å². The normalized spacial score (nSPS) is 15.9. The highest BCUT2D eigenvalue weighted by atomic mass is 32.2. The molecule has 1 saturated heterocycles. The Hall–Kier alpha value is -2.36. The Morgan fingerprint density at radius 3 is 2.09 bits per heavy atom. The van der Waals surface area contributed by atoms with Crippen molar-refractivity contribution in [3.8, 4) is 0 Å². The standard InChI is InChI=1S/C24H31F2N3O3S/c1-16(2)19-6-5-7-20(17(3)4)24(19)27-23(30)15-28-10-12-29(13-11-28)33(31,32)22-14-18(25)8-9-21(22)26/h5-9,14,16-17H,10-13,15H2,1-4H3,(H,27,30). The molecule has 180 valence electrons. The second-order valence-electron chi connectivity index (χ2n) is 8.92. The minimum absolute atomic E-state index is 0.0887. The van der Waals surface area contributed by atoms with Gasteiger partial charge in [0.2, 0.25) is 15.9 Å². The Morgan fingerprint density at radius 1 is 0.970 bits per heavy atom. The van der Waals surface area contributed by atoms with Crippen LogP contribution in [-0.2, 0) is 14.8 Å². The van der Waals surface area contributed by atoms with Gasteiger partial charge in [-0.05, 0) is 41.2 Å². The molecule has 6 nitrogen and oxygen atoms in total. The summed E-state index contributed by atoms with van der Waals surface area (Å²) in [5.74, 6) is -1.47. The second-order valence-corrected chi connectivity index (χ2v) is 10.8. The van der Waals surface area contributed by atoms with Gasteiger partial charge >= 0.3 is 0 Å². The molecule has 1 aliphatic heterocycles. The van der Waals surface area contributed by atoms with Gasteiger partial charge in [-0.25, -0.2) is 17.2 Å². The number of anilines is 1. The molecule has 33 heavy (non-hydrogen) atoms. The van der Waals surface area contributed by atoms with Crippen LogP contribution in [0, 0.1) is 11.6 Å². The number of halogens is 2. The molecule has 0 unspecified atom stereocenters. The van der Waals surface area contributed by atoms with Gasteiger partial charge in [-0.1, -0.05) is 45.9 Å². The number of amides is 1. The Balaban J connectivity index is 1.65. The molecule has 3 rings (SSSR count). The number of hydrogen-bond donors (Lipinski definition) is 1. The number of piperazine rings is 1. The van der Waals surface area contributed by atoms with E-state index in [1.54, 1.807) is 0 Å². The minimum atomic E-state index is -4.15. The molecule has 1 N–H and O–H groups in total. The number of para-hydroxylation sites is 1. The molecule has 1 heterocycles. The zero-order valence-electron chi connectivity index (χ0n) is 19.4. The third kappa shape index (κ3) is 5.77. The van der Waals surface area contributed by atoms with Crippen LogP contribution in [0.1, 0.15) is 50.7 Å². The zero-order chi connectivity index (χ0) is 24.3. The van der Waals surface area contributed by atoms with Gasteiger partial charge in [0.15, 0.2) is 0 Å². The average molecular weight is 480 g/mol. The highest BCUT2D eigenvalue weighted by Crippen LogP contribution is 2.32. The Bertz CT molecular complexity index is 1090.